The van der Waals surface area contributed by atoms with Gasteiger partial charge in [-0.25, -0.2) is 4.79 Å². The van der Waals surface area contributed by atoms with Crippen molar-refractivity contribution in [3.05, 3.63) is 47.0 Å². The molecule has 4 N–H and O–H groups in total. The standard InChI is InChI=1S/C27H36ClN3O6/c28-20-4-3-5-21(15-20)31-27(33)30-10-9-29-17-22(32)18-37-26-16-24-19(8-11-35-24)14-25(26)36-13-12-34-23-6-1-2-7-23/h3-5,14-16,22-23,29,32H,1-2,6-13,17-18H2,(H2,30,31,33). The number of nitrogens with one attached hydrogen (secondary N) is 3. The van der Waals surface area contributed by atoms with E-state index in [1.54, 1.807) is 24.3 Å². The largest absolute Gasteiger partial charge is 0.493 e. The van der Waals surface area contributed by atoms with E-state index in [9.17, 15) is 9.90 Å². The fourth-order valence-electron chi connectivity index (χ4n) is 4.35. The van der Waals surface area contributed by atoms with Crippen LogP contribution in [0.2, 0.25) is 5.02 Å². The fourth-order valence-corrected chi connectivity index (χ4v) is 4.54. The number of carbonyl (C=O) groups is 1. The van der Waals surface area contributed by atoms with E-state index >= 15 is 0 Å². The van der Waals surface area contributed by atoms with Crippen molar-refractivity contribution in [2.45, 2.75) is 44.3 Å². The van der Waals surface area contributed by atoms with Gasteiger partial charge in [-0.2, -0.15) is 0 Å². The number of amides is 2. The molecule has 2 aromatic carbocycles. The van der Waals surface area contributed by atoms with Crippen LogP contribution in [0.5, 0.6) is 17.2 Å². The van der Waals surface area contributed by atoms with Gasteiger partial charge in [0.1, 0.15) is 25.1 Å². The molecule has 1 atom stereocenters. The lowest BCUT2D eigenvalue weighted by Crippen LogP contribution is -2.38. The molecule has 2 amide bonds. The van der Waals surface area contributed by atoms with Crippen LogP contribution < -0.4 is 30.2 Å². The number of ether oxygens (including phenoxy) is 4. The SMILES string of the molecule is O=C(NCCNCC(O)COc1cc2c(cc1OCCOC1CCCC1)CCO2)Nc1cccc(Cl)c1. The predicted octanol–water partition coefficient (Wildman–Crippen LogP) is 3.76. The average molecular weight is 534 g/mol. The highest BCUT2D eigenvalue weighted by Gasteiger charge is 2.19. The lowest BCUT2D eigenvalue weighted by molar-refractivity contribution is 0.0371. The summed E-state index contributed by atoms with van der Waals surface area (Å²) in [6.45, 7) is 2.89. The van der Waals surface area contributed by atoms with Gasteiger partial charge in [-0.1, -0.05) is 30.5 Å². The van der Waals surface area contributed by atoms with E-state index in [1.807, 2.05) is 12.1 Å². The second-order valence-electron chi connectivity index (χ2n) is 9.19. The average Bonchev–Trinajstić information content (AvgIpc) is 3.56. The molecule has 10 heteroatoms. The van der Waals surface area contributed by atoms with Crippen molar-refractivity contribution in [2.24, 2.45) is 0 Å². The number of urea groups is 1. The molecule has 1 fully saturated rings. The molecule has 0 radical (unpaired) electrons. The number of rotatable bonds is 14. The third kappa shape index (κ3) is 8.96. The van der Waals surface area contributed by atoms with Crippen molar-refractivity contribution in [3.8, 4) is 17.2 Å². The third-order valence-electron chi connectivity index (χ3n) is 6.23. The Morgan fingerprint density at radius 2 is 1.95 bits per heavy atom. The first-order chi connectivity index (χ1) is 18.1. The van der Waals surface area contributed by atoms with Gasteiger partial charge in [0, 0.05) is 48.4 Å². The minimum absolute atomic E-state index is 0.0867. The smallest absolute Gasteiger partial charge is 0.319 e. The topological polar surface area (TPSA) is 110 Å². The Morgan fingerprint density at radius 3 is 2.78 bits per heavy atom. The van der Waals surface area contributed by atoms with Crippen molar-refractivity contribution >= 4 is 23.3 Å². The lowest BCUT2D eigenvalue weighted by Gasteiger charge is -2.18. The highest BCUT2D eigenvalue weighted by atomic mass is 35.5. The molecule has 202 valence electrons. The number of aliphatic hydroxyl groups is 1. The number of fused-ring (bicyclic) bond motifs is 1. The number of benzene rings is 2. The summed E-state index contributed by atoms with van der Waals surface area (Å²) in [4.78, 5) is 12.0. The van der Waals surface area contributed by atoms with E-state index in [-0.39, 0.29) is 12.6 Å². The quantitative estimate of drug-likeness (QED) is 0.274. The zero-order chi connectivity index (χ0) is 25.9. The molecule has 1 aliphatic heterocycles. The van der Waals surface area contributed by atoms with E-state index in [0.717, 1.165) is 30.6 Å². The first-order valence-corrected chi connectivity index (χ1v) is 13.3. The zero-order valence-electron chi connectivity index (χ0n) is 21.0. The molecule has 9 nitrogen and oxygen atoms in total. The Morgan fingerprint density at radius 1 is 1.11 bits per heavy atom. The fraction of sp³-hybridized carbons (Fsp3) is 0.519. The molecule has 4 rings (SSSR count). The molecule has 2 aliphatic rings. The van der Waals surface area contributed by atoms with E-state index in [0.29, 0.717) is 67.8 Å². The van der Waals surface area contributed by atoms with Gasteiger partial charge < -0.3 is 40.0 Å². The summed E-state index contributed by atoms with van der Waals surface area (Å²) >= 11 is 5.92. The Hall–Kier alpha value is -2.72. The summed E-state index contributed by atoms with van der Waals surface area (Å²) in [7, 11) is 0. The van der Waals surface area contributed by atoms with Gasteiger partial charge >= 0.3 is 6.03 Å². The third-order valence-corrected chi connectivity index (χ3v) is 6.47. The first kappa shape index (κ1) is 27.3. The molecule has 0 bridgehead atoms. The van der Waals surface area contributed by atoms with E-state index in [4.69, 9.17) is 30.5 Å². The molecule has 0 saturated heterocycles. The van der Waals surface area contributed by atoms with Crippen LogP contribution in [0.3, 0.4) is 0 Å². The van der Waals surface area contributed by atoms with Crippen molar-refractivity contribution in [1.29, 1.82) is 0 Å². The van der Waals surface area contributed by atoms with Crippen LogP contribution in [0.1, 0.15) is 31.2 Å². The molecule has 1 aliphatic carbocycles. The van der Waals surface area contributed by atoms with Crippen LogP contribution >= 0.6 is 11.6 Å². The van der Waals surface area contributed by atoms with Gasteiger partial charge in [-0.3, -0.25) is 0 Å². The van der Waals surface area contributed by atoms with Gasteiger partial charge in [-0.05, 0) is 37.1 Å². The molecular formula is C27H36ClN3O6. The van der Waals surface area contributed by atoms with Gasteiger partial charge in [0.2, 0.25) is 0 Å². The van der Waals surface area contributed by atoms with Crippen molar-refractivity contribution in [2.75, 3.05) is 51.4 Å². The molecule has 1 heterocycles. The van der Waals surface area contributed by atoms with Crippen LogP contribution in [0, 0.1) is 0 Å². The minimum atomic E-state index is -0.743. The van der Waals surface area contributed by atoms with Gasteiger partial charge in [-0.15, -0.1) is 0 Å². The number of hydrogen-bond donors (Lipinski definition) is 4. The van der Waals surface area contributed by atoms with E-state index < -0.39 is 6.10 Å². The number of aliphatic hydroxyl groups excluding tert-OH is 1. The molecule has 1 saturated carbocycles. The zero-order valence-corrected chi connectivity index (χ0v) is 21.7. The Balaban J connectivity index is 1.14. The maximum Gasteiger partial charge on any atom is 0.319 e. The monoisotopic (exact) mass is 533 g/mol. The lowest BCUT2D eigenvalue weighted by atomic mass is 10.1. The maximum atomic E-state index is 12.0. The van der Waals surface area contributed by atoms with Crippen LogP contribution in [-0.2, 0) is 11.2 Å². The van der Waals surface area contributed by atoms with Crippen molar-refractivity contribution in [3.63, 3.8) is 0 Å². The molecule has 0 aromatic heterocycles. The Bertz CT molecular complexity index is 1020. The summed E-state index contributed by atoms with van der Waals surface area (Å²) in [6.07, 6.45) is 5.17. The second-order valence-corrected chi connectivity index (χ2v) is 9.63. The normalized spacial score (nSPS) is 15.6. The van der Waals surface area contributed by atoms with Gasteiger partial charge in [0.05, 0.1) is 19.3 Å². The minimum Gasteiger partial charge on any atom is -0.493 e. The molecule has 0 spiro atoms. The van der Waals surface area contributed by atoms with E-state index in [2.05, 4.69) is 16.0 Å². The van der Waals surface area contributed by atoms with Crippen LogP contribution in [0.25, 0.3) is 0 Å². The Kier molecular flexibility index (Phi) is 10.5. The molecule has 1 unspecified atom stereocenters. The van der Waals surface area contributed by atoms with Crippen LogP contribution in [0.15, 0.2) is 36.4 Å². The predicted molar refractivity (Wildman–Crippen MR) is 142 cm³/mol. The Labute approximate surface area is 222 Å². The van der Waals surface area contributed by atoms with Crippen molar-refractivity contribution in [1.82, 2.24) is 10.6 Å². The number of hydrogen-bond acceptors (Lipinski definition) is 7. The van der Waals surface area contributed by atoms with E-state index in [1.165, 1.54) is 12.8 Å². The molecule has 37 heavy (non-hydrogen) atoms. The van der Waals surface area contributed by atoms with Gasteiger partial charge in [0.25, 0.3) is 0 Å². The summed E-state index contributed by atoms with van der Waals surface area (Å²) < 4.78 is 23.4. The highest BCUT2D eigenvalue weighted by molar-refractivity contribution is 6.30. The second kappa shape index (κ2) is 14.3. The van der Waals surface area contributed by atoms with Crippen LogP contribution in [-0.4, -0.2) is 69.4 Å². The maximum absolute atomic E-state index is 12.0. The summed E-state index contributed by atoms with van der Waals surface area (Å²) in [5.74, 6) is 1.97. The van der Waals surface area contributed by atoms with Crippen LogP contribution in [0.4, 0.5) is 10.5 Å². The number of halogens is 1. The van der Waals surface area contributed by atoms with Crippen molar-refractivity contribution < 1.29 is 28.8 Å². The first-order valence-electron chi connectivity index (χ1n) is 12.9. The summed E-state index contributed by atoms with van der Waals surface area (Å²) in [5.41, 5.74) is 1.71. The number of carbonyl (C=O) groups excluding carboxylic acids is 1. The highest BCUT2D eigenvalue weighted by Crippen LogP contribution is 2.38. The number of anilines is 1. The summed E-state index contributed by atoms with van der Waals surface area (Å²) in [6, 6.07) is 10.4. The summed E-state index contributed by atoms with van der Waals surface area (Å²) in [5, 5.41) is 19.5. The molecule has 2 aromatic rings. The molecular weight excluding hydrogens is 498 g/mol. The van der Waals surface area contributed by atoms with Gasteiger partial charge in [0.15, 0.2) is 11.5 Å².